The smallest absolute Gasteiger partial charge is 0.413 e. The van der Waals surface area contributed by atoms with Crippen LogP contribution >= 0.6 is 0 Å². The molecule has 206 valence electrons. The number of rotatable bonds is 5. The van der Waals surface area contributed by atoms with Gasteiger partial charge in [0, 0.05) is 37.9 Å². The second kappa shape index (κ2) is 10.5. The molecule has 4 aromatic rings. The van der Waals surface area contributed by atoms with Crippen LogP contribution in [0, 0.1) is 13.8 Å². The normalized spacial score (nSPS) is 14.9. The number of aromatic nitrogens is 2. The van der Waals surface area contributed by atoms with Crippen LogP contribution in [0.2, 0.25) is 0 Å². The molecule has 10 heteroatoms. The summed E-state index contributed by atoms with van der Waals surface area (Å²) in [6, 6.07) is 15.2. The lowest BCUT2D eigenvalue weighted by atomic mass is 10.0. The molecule has 1 fully saturated rings. The number of hydrogen-bond acceptors (Lipinski definition) is 7. The van der Waals surface area contributed by atoms with Gasteiger partial charge in [-0.1, -0.05) is 18.2 Å². The van der Waals surface area contributed by atoms with Gasteiger partial charge in [0.05, 0.1) is 5.69 Å². The van der Waals surface area contributed by atoms with Crippen LogP contribution in [0.15, 0.2) is 54.7 Å². The number of likely N-dealkylation sites (N-methyl/N-ethyl adjacent to an activating group) is 1. The molecule has 0 aliphatic carbocycles. The number of carbonyl (C=O) groups is 2. The van der Waals surface area contributed by atoms with Gasteiger partial charge in [-0.15, -0.1) is 0 Å². The summed E-state index contributed by atoms with van der Waals surface area (Å²) in [6.45, 7) is 7.35. The van der Waals surface area contributed by atoms with E-state index in [0.29, 0.717) is 28.6 Å². The molecule has 6 rings (SSSR count). The van der Waals surface area contributed by atoms with Crippen LogP contribution < -0.4 is 14.8 Å². The molecule has 40 heavy (non-hydrogen) atoms. The Hall–Kier alpha value is -4.57. The van der Waals surface area contributed by atoms with Crippen molar-refractivity contribution in [1.82, 2.24) is 19.2 Å². The third-order valence-corrected chi connectivity index (χ3v) is 7.36. The highest BCUT2D eigenvalue weighted by Crippen LogP contribution is 2.33. The maximum Gasteiger partial charge on any atom is 0.413 e. The Bertz CT molecular complexity index is 1590. The molecule has 2 aromatic carbocycles. The van der Waals surface area contributed by atoms with E-state index in [1.165, 1.54) is 0 Å². The highest BCUT2D eigenvalue weighted by molar-refractivity contribution is 5.95. The molecule has 0 atom stereocenters. The summed E-state index contributed by atoms with van der Waals surface area (Å²) in [5, 5.41) is 2.85. The Labute approximate surface area is 232 Å². The second-order valence-electron chi connectivity index (χ2n) is 10.2. The van der Waals surface area contributed by atoms with E-state index in [9.17, 15) is 9.59 Å². The Morgan fingerprint density at radius 2 is 1.70 bits per heavy atom. The zero-order chi connectivity index (χ0) is 27.8. The Morgan fingerprint density at radius 3 is 2.48 bits per heavy atom. The van der Waals surface area contributed by atoms with Crippen LogP contribution in [0.1, 0.15) is 27.2 Å². The number of fused-ring (bicyclic) bond motifs is 2. The number of piperazine rings is 1. The molecule has 2 aliphatic heterocycles. The number of pyridine rings is 1. The van der Waals surface area contributed by atoms with Gasteiger partial charge in [-0.3, -0.25) is 14.5 Å². The van der Waals surface area contributed by atoms with Crippen molar-refractivity contribution in [2.75, 3.05) is 45.3 Å². The van der Waals surface area contributed by atoms with Crippen LogP contribution in [0.25, 0.3) is 16.8 Å². The van der Waals surface area contributed by atoms with Gasteiger partial charge in [0.1, 0.15) is 18.1 Å². The van der Waals surface area contributed by atoms with Crippen LogP contribution in [0.4, 0.5) is 10.6 Å². The van der Waals surface area contributed by atoms with Crippen molar-refractivity contribution in [3.63, 3.8) is 0 Å². The number of hydrogen-bond donors (Lipinski definition) is 1. The van der Waals surface area contributed by atoms with Crippen LogP contribution in [-0.4, -0.2) is 71.2 Å². The Morgan fingerprint density at radius 1 is 0.950 bits per heavy atom. The fourth-order valence-electron chi connectivity index (χ4n) is 5.04. The molecule has 2 amide bonds. The monoisotopic (exact) mass is 541 g/mol. The van der Waals surface area contributed by atoms with Crippen molar-refractivity contribution in [1.29, 1.82) is 0 Å². The van der Waals surface area contributed by atoms with Gasteiger partial charge in [0.15, 0.2) is 11.5 Å². The average molecular weight is 542 g/mol. The van der Waals surface area contributed by atoms with E-state index in [0.717, 1.165) is 54.1 Å². The minimum Gasteiger partial charge on any atom is -0.454 e. The number of nitrogens with zero attached hydrogens (tertiary/aromatic N) is 4. The summed E-state index contributed by atoms with van der Waals surface area (Å²) < 4.78 is 18.1. The molecule has 1 N–H and O–H groups in total. The molecular weight excluding hydrogens is 510 g/mol. The average Bonchev–Trinajstić information content (AvgIpc) is 3.56. The zero-order valence-corrected chi connectivity index (χ0v) is 22.8. The summed E-state index contributed by atoms with van der Waals surface area (Å²) in [5.74, 6) is 1.91. The zero-order valence-electron chi connectivity index (χ0n) is 22.8. The first-order valence-electron chi connectivity index (χ1n) is 13.3. The topological polar surface area (TPSA) is 97.6 Å². The highest BCUT2D eigenvalue weighted by atomic mass is 16.7. The quantitative estimate of drug-likeness (QED) is 0.398. The van der Waals surface area contributed by atoms with E-state index in [2.05, 4.69) is 28.3 Å². The van der Waals surface area contributed by atoms with Crippen molar-refractivity contribution >= 4 is 23.5 Å². The molecule has 10 nitrogen and oxygen atoms in total. The molecule has 4 heterocycles. The summed E-state index contributed by atoms with van der Waals surface area (Å²) in [4.78, 5) is 34.5. The van der Waals surface area contributed by atoms with Gasteiger partial charge >= 0.3 is 6.09 Å². The van der Waals surface area contributed by atoms with Crippen LogP contribution in [0.3, 0.4) is 0 Å². The van der Waals surface area contributed by atoms with E-state index in [1.54, 1.807) is 12.1 Å². The lowest BCUT2D eigenvalue weighted by molar-refractivity contribution is 0.0664. The predicted octanol–water partition coefficient (Wildman–Crippen LogP) is 4.48. The number of carbonyl (C=O) groups excluding carboxylic acids is 2. The summed E-state index contributed by atoms with van der Waals surface area (Å²) >= 11 is 0. The molecule has 0 radical (unpaired) electrons. The highest BCUT2D eigenvalue weighted by Gasteiger charge is 2.21. The van der Waals surface area contributed by atoms with Gasteiger partial charge in [0.25, 0.3) is 5.91 Å². The molecule has 0 spiro atoms. The molecule has 0 unspecified atom stereocenters. The van der Waals surface area contributed by atoms with Gasteiger partial charge in [-0.05, 0) is 73.5 Å². The number of benzene rings is 2. The fourth-order valence-corrected chi connectivity index (χ4v) is 5.04. The first-order valence-corrected chi connectivity index (χ1v) is 13.3. The van der Waals surface area contributed by atoms with E-state index >= 15 is 0 Å². The summed E-state index contributed by atoms with van der Waals surface area (Å²) in [5.41, 5.74) is 5.75. The largest absolute Gasteiger partial charge is 0.454 e. The number of nitrogens with one attached hydrogen (secondary N) is 1. The van der Waals surface area contributed by atoms with E-state index in [1.807, 2.05) is 59.7 Å². The Balaban J connectivity index is 1.18. The van der Waals surface area contributed by atoms with E-state index < -0.39 is 6.09 Å². The molecule has 1 saturated heterocycles. The van der Waals surface area contributed by atoms with Crippen LogP contribution in [0.5, 0.6) is 11.5 Å². The molecule has 0 saturated carbocycles. The molecular formula is C30H31N5O5. The maximum absolute atomic E-state index is 13.0. The van der Waals surface area contributed by atoms with E-state index in [4.69, 9.17) is 14.2 Å². The van der Waals surface area contributed by atoms with E-state index in [-0.39, 0.29) is 19.3 Å². The number of anilines is 1. The SMILES string of the molecule is Cc1nc2c(C)cc(-c3ccc(C(=O)N4CCN(C)CC4)cc3)cn2c1NC(=O)OCc1ccc2c(c1)OCO2. The minimum atomic E-state index is -0.586. The molecule has 0 bridgehead atoms. The van der Waals surface area contributed by atoms with Crippen molar-refractivity contribution in [3.8, 4) is 22.6 Å². The van der Waals surface area contributed by atoms with Gasteiger partial charge < -0.3 is 24.0 Å². The first-order chi connectivity index (χ1) is 19.4. The van der Waals surface area contributed by atoms with Crippen molar-refractivity contribution < 1.29 is 23.8 Å². The van der Waals surface area contributed by atoms with Crippen molar-refractivity contribution in [3.05, 3.63) is 77.1 Å². The van der Waals surface area contributed by atoms with Crippen LogP contribution in [-0.2, 0) is 11.3 Å². The minimum absolute atomic E-state index is 0.0577. The lowest BCUT2D eigenvalue weighted by Crippen LogP contribution is -2.47. The van der Waals surface area contributed by atoms with Gasteiger partial charge in [0.2, 0.25) is 6.79 Å². The third kappa shape index (κ3) is 5.05. The predicted molar refractivity (Wildman–Crippen MR) is 150 cm³/mol. The lowest BCUT2D eigenvalue weighted by Gasteiger charge is -2.32. The molecule has 2 aliphatic rings. The molecule has 2 aromatic heterocycles. The van der Waals surface area contributed by atoms with Crippen molar-refractivity contribution in [2.24, 2.45) is 0 Å². The first kappa shape index (κ1) is 25.7. The number of aryl methyl sites for hydroxylation is 2. The van der Waals surface area contributed by atoms with Crippen molar-refractivity contribution in [2.45, 2.75) is 20.5 Å². The maximum atomic E-state index is 13.0. The number of imidazole rings is 1. The standard InChI is InChI=1S/C30H31N5O5/c1-19-14-24(22-5-7-23(8-6-22)29(36)34-12-10-33(3)11-13-34)16-35-27(19)31-20(2)28(35)32-30(37)38-17-21-4-9-25-26(15-21)40-18-39-25/h4-9,14-16H,10-13,17-18H2,1-3H3,(H,32,37). The number of amides is 2. The number of ether oxygens (including phenoxy) is 3. The summed E-state index contributed by atoms with van der Waals surface area (Å²) in [7, 11) is 2.07. The fraction of sp³-hybridized carbons (Fsp3) is 0.300. The van der Waals surface area contributed by atoms with Gasteiger partial charge in [-0.25, -0.2) is 9.78 Å². The van der Waals surface area contributed by atoms with Gasteiger partial charge in [-0.2, -0.15) is 0 Å². The third-order valence-electron chi connectivity index (χ3n) is 7.36. The second-order valence-corrected chi connectivity index (χ2v) is 10.2. The Kier molecular flexibility index (Phi) is 6.77. The summed E-state index contributed by atoms with van der Waals surface area (Å²) in [6.07, 6.45) is 1.35.